The van der Waals surface area contributed by atoms with Gasteiger partial charge in [0, 0.05) is 11.8 Å². The summed E-state index contributed by atoms with van der Waals surface area (Å²) in [5, 5.41) is 20.4. The van der Waals surface area contributed by atoms with Gasteiger partial charge in [0.05, 0.1) is 6.04 Å². The summed E-state index contributed by atoms with van der Waals surface area (Å²) in [5.41, 5.74) is 0.904. The van der Waals surface area contributed by atoms with Crippen LogP contribution < -0.4 is 11.1 Å². The molecule has 2 aliphatic rings. The second-order valence-electron chi connectivity index (χ2n) is 6.25. The van der Waals surface area contributed by atoms with E-state index < -0.39 is 46.9 Å². The molecule has 1 amide bonds. The summed E-state index contributed by atoms with van der Waals surface area (Å²) < 4.78 is 14.2. The van der Waals surface area contributed by atoms with E-state index in [4.69, 9.17) is 10.8 Å². The zero-order chi connectivity index (χ0) is 18.0. The van der Waals surface area contributed by atoms with Crippen LogP contribution >= 0.6 is 0 Å². The summed E-state index contributed by atoms with van der Waals surface area (Å²) in [4.78, 5) is 33.9. The van der Waals surface area contributed by atoms with Gasteiger partial charge in [-0.2, -0.15) is 0 Å². The molecule has 2 aliphatic carbocycles. The first kappa shape index (κ1) is 19.3. The number of carboxylic acid groups (broad SMARTS) is 2. The molecule has 132 valence electrons. The van der Waals surface area contributed by atoms with Crippen LogP contribution in [-0.2, 0) is 14.4 Å². The van der Waals surface area contributed by atoms with Gasteiger partial charge in [0.25, 0.3) is 0 Å². The molecular weight excluding hydrogens is 307 g/mol. The Morgan fingerprint density at radius 3 is 2.09 bits per heavy atom. The second-order valence-corrected chi connectivity index (χ2v) is 6.25. The molecule has 0 radical (unpaired) electrons. The Bertz CT molecular complexity index is 496. The Labute approximate surface area is 134 Å². The molecular formula is C15H25FN2O5. The van der Waals surface area contributed by atoms with Gasteiger partial charge >= 0.3 is 11.9 Å². The highest BCUT2D eigenvalue weighted by Crippen LogP contribution is 2.67. The monoisotopic (exact) mass is 332 g/mol. The first-order valence-electron chi connectivity index (χ1n) is 7.82. The van der Waals surface area contributed by atoms with Crippen molar-refractivity contribution in [3.05, 3.63) is 0 Å². The van der Waals surface area contributed by atoms with Crippen LogP contribution in [0.3, 0.4) is 0 Å². The van der Waals surface area contributed by atoms with Gasteiger partial charge in [-0.3, -0.25) is 4.79 Å². The standard InChI is InChI=1S/C11H15FN2O5.C4H10/c1-4(13)7(15)14-10(8(16)17)3-2-5-6(10)11(5,12)9(18)19;1-3-4-2/h4-6H,2-3,13H2,1H3,(H,14,15)(H,16,17)(H,18,19);3-4H2,1-2H3. The number of halogens is 1. The Hall–Kier alpha value is -1.70. The fraction of sp³-hybridized carbons (Fsp3) is 0.800. The molecule has 2 rings (SSSR count). The summed E-state index contributed by atoms with van der Waals surface area (Å²) in [5.74, 6) is -5.94. The van der Waals surface area contributed by atoms with Gasteiger partial charge < -0.3 is 21.3 Å². The van der Waals surface area contributed by atoms with Crippen molar-refractivity contribution < 1.29 is 29.0 Å². The number of nitrogens with one attached hydrogen (secondary N) is 1. The highest BCUT2D eigenvalue weighted by molar-refractivity contribution is 5.94. The first-order chi connectivity index (χ1) is 10.6. The highest BCUT2D eigenvalue weighted by atomic mass is 19.1. The van der Waals surface area contributed by atoms with Gasteiger partial charge in [0.2, 0.25) is 11.6 Å². The minimum atomic E-state index is -2.57. The lowest BCUT2D eigenvalue weighted by Gasteiger charge is -2.30. The summed E-state index contributed by atoms with van der Waals surface area (Å²) in [7, 11) is 0. The topological polar surface area (TPSA) is 130 Å². The Morgan fingerprint density at radius 1 is 1.26 bits per heavy atom. The molecule has 0 aliphatic heterocycles. The number of hydrogen-bond donors (Lipinski definition) is 4. The van der Waals surface area contributed by atoms with Crippen LogP contribution in [0.2, 0.25) is 0 Å². The van der Waals surface area contributed by atoms with Crippen LogP contribution in [0, 0.1) is 11.8 Å². The number of alkyl halides is 1. The Kier molecular flexibility index (Phi) is 5.74. The third kappa shape index (κ3) is 3.17. The molecule has 5 atom stereocenters. The number of carboxylic acids is 2. The van der Waals surface area contributed by atoms with Crippen LogP contribution in [0.25, 0.3) is 0 Å². The molecule has 5 unspecified atom stereocenters. The van der Waals surface area contributed by atoms with Gasteiger partial charge in [-0.1, -0.05) is 26.7 Å². The maximum Gasteiger partial charge on any atom is 0.342 e. The molecule has 0 aromatic rings. The van der Waals surface area contributed by atoms with Crippen molar-refractivity contribution in [1.82, 2.24) is 5.32 Å². The molecule has 0 bridgehead atoms. The molecule has 0 aromatic heterocycles. The van der Waals surface area contributed by atoms with Gasteiger partial charge in [-0.05, 0) is 19.8 Å². The SMILES string of the molecule is CC(N)C(=O)NC1(C(=O)O)CCC2C1C2(F)C(=O)O.CCCC. The van der Waals surface area contributed by atoms with E-state index >= 15 is 0 Å². The van der Waals surface area contributed by atoms with E-state index in [1.807, 2.05) is 0 Å². The number of amides is 1. The van der Waals surface area contributed by atoms with Gasteiger partial charge in [0.15, 0.2) is 0 Å². The van der Waals surface area contributed by atoms with Crippen molar-refractivity contribution in [3.8, 4) is 0 Å². The highest BCUT2D eigenvalue weighted by Gasteiger charge is 2.83. The minimum absolute atomic E-state index is 0.00900. The Morgan fingerprint density at radius 2 is 1.78 bits per heavy atom. The number of rotatable bonds is 5. The van der Waals surface area contributed by atoms with Crippen molar-refractivity contribution in [3.63, 3.8) is 0 Å². The number of fused-ring (bicyclic) bond motifs is 1. The zero-order valence-corrected chi connectivity index (χ0v) is 13.6. The molecule has 2 fully saturated rings. The normalized spacial score (nSPS) is 35.3. The van der Waals surface area contributed by atoms with Crippen LogP contribution in [0.5, 0.6) is 0 Å². The van der Waals surface area contributed by atoms with Crippen LogP contribution in [-0.4, -0.2) is 45.3 Å². The Balaban J connectivity index is 0.000000593. The molecule has 8 heteroatoms. The smallest absolute Gasteiger partial charge is 0.342 e. The van der Waals surface area contributed by atoms with E-state index in [9.17, 15) is 23.9 Å². The predicted molar refractivity (Wildman–Crippen MR) is 80.4 cm³/mol. The maximum atomic E-state index is 14.2. The second kappa shape index (κ2) is 6.82. The fourth-order valence-corrected chi connectivity index (χ4v) is 3.10. The lowest BCUT2D eigenvalue weighted by atomic mass is 9.89. The first-order valence-corrected chi connectivity index (χ1v) is 7.82. The molecule has 0 heterocycles. The number of carbonyl (C=O) groups is 3. The van der Waals surface area contributed by atoms with Crippen molar-refractivity contribution in [2.75, 3.05) is 0 Å². The third-order valence-electron chi connectivity index (χ3n) is 4.64. The number of aliphatic carboxylic acids is 2. The summed E-state index contributed by atoms with van der Waals surface area (Å²) in [6.45, 7) is 5.73. The van der Waals surface area contributed by atoms with Crippen LogP contribution in [0.15, 0.2) is 0 Å². The van der Waals surface area contributed by atoms with E-state index in [-0.39, 0.29) is 12.8 Å². The van der Waals surface area contributed by atoms with Crippen molar-refractivity contribution in [1.29, 1.82) is 0 Å². The van der Waals surface area contributed by atoms with E-state index in [1.54, 1.807) is 0 Å². The van der Waals surface area contributed by atoms with Crippen molar-refractivity contribution >= 4 is 17.8 Å². The van der Waals surface area contributed by atoms with Crippen molar-refractivity contribution in [2.24, 2.45) is 17.6 Å². The summed E-state index contributed by atoms with van der Waals surface area (Å²) in [6.07, 6.45) is 2.76. The largest absolute Gasteiger partial charge is 0.479 e. The number of nitrogens with two attached hydrogens (primary N) is 1. The number of hydrogen-bond acceptors (Lipinski definition) is 4. The fourth-order valence-electron chi connectivity index (χ4n) is 3.10. The molecule has 5 N–H and O–H groups in total. The van der Waals surface area contributed by atoms with E-state index in [1.165, 1.54) is 19.8 Å². The molecule has 0 saturated heterocycles. The lowest BCUT2D eigenvalue weighted by molar-refractivity contribution is -0.153. The van der Waals surface area contributed by atoms with Crippen LogP contribution in [0.1, 0.15) is 46.5 Å². The molecule has 0 spiro atoms. The summed E-state index contributed by atoms with van der Waals surface area (Å²) in [6, 6.07) is -0.951. The maximum absolute atomic E-state index is 14.2. The zero-order valence-electron chi connectivity index (χ0n) is 13.6. The molecule has 23 heavy (non-hydrogen) atoms. The van der Waals surface area contributed by atoms with E-state index in [0.717, 1.165) is 0 Å². The lowest BCUT2D eigenvalue weighted by Crippen LogP contribution is -2.60. The van der Waals surface area contributed by atoms with Crippen LogP contribution in [0.4, 0.5) is 4.39 Å². The van der Waals surface area contributed by atoms with Gasteiger partial charge in [-0.15, -0.1) is 0 Å². The number of carbonyl (C=O) groups excluding carboxylic acids is 1. The molecule has 7 nitrogen and oxygen atoms in total. The molecule has 0 aromatic carbocycles. The average Bonchev–Trinajstić information content (AvgIpc) is 2.90. The third-order valence-corrected chi connectivity index (χ3v) is 4.64. The number of unbranched alkanes of at least 4 members (excludes halogenated alkanes) is 1. The van der Waals surface area contributed by atoms with Gasteiger partial charge in [0.1, 0.15) is 5.54 Å². The predicted octanol–water partition coefficient (Wildman–Crippen LogP) is 0.912. The molecule has 2 saturated carbocycles. The average molecular weight is 332 g/mol. The van der Waals surface area contributed by atoms with Crippen molar-refractivity contribution in [2.45, 2.75) is 63.7 Å². The van der Waals surface area contributed by atoms with E-state index in [0.29, 0.717) is 0 Å². The van der Waals surface area contributed by atoms with E-state index in [2.05, 4.69) is 19.2 Å². The van der Waals surface area contributed by atoms with Gasteiger partial charge in [-0.25, -0.2) is 14.0 Å². The minimum Gasteiger partial charge on any atom is -0.479 e. The quantitative estimate of drug-likeness (QED) is 0.592. The summed E-state index contributed by atoms with van der Waals surface area (Å²) >= 11 is 0.